The second kappa shape index (κ2) is 6.57. The average Bonchev–Trinajstić information content (AvgIpc) is 1.98. The molecule has 3 nitrogen and oxygen atoms in total. The zero-order valence-electron chi connectivity index (χ0n) is 8.20. The minimum Gasteiger partial charge on any atom is -0.266 e. The summed E-state index contributed by atoms with van der Waals surface area (Å²) < 4.78 is 21.1. The van der Waals surface area contributed by atoms with Crippen molar-refractivity contribution in [3.05, 3.63) is 0 Å². The molecule has 0 aliphatic heterocycles. The second-order valence-corrected chi connectivity index (χ2v) is 3.68. The summed E-state index contributed by atoms with van der Waals surface area (Å²) in [4.78, 5) is 0. The summed E-state index contributed by atoms with van der Waals surface area (Å²) in [6, 6.07) is 0. The Morgan fingerprint density at radius 1 is 1.17 bits per heavy atom. The zero-order chi connectivity index (χ0) is 9.56. The molecule has 0 aromatic heterocycles. The van der Waals surface area contributed by atoms with Crippen LogP contribution in [0.2, 0.25) is 0 Å². The summed E-state index contributed by atoms with van der Waals surface area (Å²) in [6.45, 7) is 7.66. The van der Waals surface area contributed by atoms with E-state index < -0.39 is 11.4 Å². The molecule has 0 saturated carbocycles. The zero-order valence-corrected chi connectivity index (χ0v) is 9.02. The van der Waals surface area contributed by atoms with Gasteiger partial charge in [0.1, 0.15) is 0 Å². The van der Waals surface area contributed by atoms with Gasteiger partial charge >= 0.3 is 11.4 Å². The SMILES string of the molecule is CCC(CC)OS(=O)OC(C)C. The summed E-state index contributed by atoms with van der Waals surface area (Å²) in [6.07, 6.45) is 1.72. The third kappa shape index (κ3) is 5.69. The Kier molecular flexibility index (Phi) is 6.61. The molecule has 0 bridgehead atoms. The van der Waals surface area contributed by atoms with Crippen molar-refractivity contribution in [3.63, 3.8) is 0 Å². The van der Waals surface area contributed by atoms with Gasteiger partial charge in [0.2, 0.25) is 0 Å². The first kappa shape index (κ1) is 12.1. The fraction of sp³-hybridized carbons (Fsp3) is 1.00. The highest BCUT2D eigenvalue weighted by Gasteiger charge is 2.10. The molecule has 0 N–H and O–H groups in total. The van der Waals surface area contributed by atoms with Crippen molar-refractivity contribution >= 4 is 11.4 Å². The van der Waals surface area contributed by atoms with Crippen LogP contribution in [0.1, 0.15) is 40.5 Å². The predicted molar refractivity (Wildman–Crippen MR) is 49.8 cm³/mol. The molecule has 0 heterocycles. The lowest BCUT2D eigenvalue weighted by atomic mass is 10.2. The number of hydrogen-bond donors (Lipinski definition) is 0. The van der Waals surface area contributed by atoms with Gasteiger partial charge in [-0.3, -0.25) is 8.37 Å². The van der Waals surface area contributed by atoms with Gasteiger partial charge in [-0.1, -0.05) is 13.8 Å². The molecule has 0 radical (unpaired) electrons. The average molecular weight is 194 g/mol. The maximum Gasteiger partial charge on any atom is 0.305 e. The maximum absolute atomic E-state index is 11.0. The van der Waals surface area contributed by atoms with Gasteiger partial charge in [0.05, 0.1) is 12.2 Å². The van der Waals surface area contributed by atoms with Crippen molar-refractivity contribution in [1.82, 2.24) is 0 Å². The molecule has 0 saturated heterocycles. The van der Waals surface area contributed by atoms with E-state index in [0.29, 0.717) is 0 Å². The largest absolute Gasteiger partial charge is 0.305 e. The standard InChI is InChI=1S/C8H18O3S/c1-5-8(6-2)11-12(9)10-7(3)4/h7-8H,5-6H2,1-4H3. The first-order chi connectivity index (χ1) is 5.60. The van der Waals surface area contributed by atoms with Gasteiger partial charge in [-0.05, 0) is 26.7 Å². The highest BCUT2D eigenvalue weighted by atomic mass is 32.2. The lowest BCUT2D eigenvalue weighted by molar-refractivity contribution is 0.155. The Balaban J connectivity index is 3.66. The molecule has 0 aromatic carbocycles. The Bertz CT molecular complexity index is 132. The van der Waals surface area contributed by atoms with E-state index in [1.807, 2.05) is 27.7 Å². The molecule has 0 amide bonds. The van der Waals surface area contributed by atoms with Crippen LogP contribution in [0.25, 0.3) is 0 Å². The van der Waals surface area contributed by atoms with Gasteiger partial charge < -0.3 is 0 Å². The van der Waals surface area contributed by atoms with Crippen LogP contribution in [0.4, 0.5) is 0 Å². The summed E-state index contributed by atoms with van der Waals surface area (Å²) in [5.74, 6) is 0. The molecule has 12 heavy (non-hydrogen) atoms. The van der Waals surface area contributed by atoms with Crippen LogP contribution in [-0.2, 0) is 19.7 Å². The smallest absolute Gasteiger partial charge is 0.266 e. The summed E-state index contributed by atoms with van der Waals surface area (Å²) >= 11 is -1.58. The Morgan fingerprint density at radius 3 is 2.00 bits per heavy atom. The third-order valence-electron chi connectivity index (χ3n) is 1.40. The van der Waals surface area contributed by atoms with Gasteiger partial charge in [-0.15, -0.1) is 0 Å². The summed E-state index contributed by atoms with van der Waals surface area (Å²) in [7, 11) is 0. The van der Waals surface area contributed by atoms with Gasteiger partial charge in [0.15, 0.2) is 0 Å². The van der Waals surface area contributed by atoms with E-state index in [4.69, 9.17) is 8.37 Å². The van der Waals surface area contributed by atoms with Crippen molar-refractivity contribution in [3.8, 4) is 0 Å². The Hall–Kier alpha value is 0.0700. The van der Waals surface area contributed by atoms with Crippen LogP contribution in [0.3, 0.4) is 0 Å². The van der Waals surface area contributed by atoms with Crippen LogP contribution in [-0.4, -0.2) is 16.4 Å². The first-order valence-corrected chi connectivity index (χ1v) is 5.36. The van der Waals surface area contributed by atoms with Crippen LogP contribution in [0, 0.1) is 0 Å². The summed E-state index contributed by atoms with van der Waals surface area (Å²) in [5.41, 5.74) is 0. The van der Waals surface area contributed by atoms with Gasteiger partial charge in [0.25, 0.3) is 0 Å². The minimum atomic E-state index is -1.58. The maximum atomic E-state index is 11.0. The third-order valence-corrected chi connectivity index (χ3v) is 2.37. The number of rotatable bonds is 6. The molecule has 74 valence electrons. The fourth-order valence-electron chi connectivity index (χ4n) is 0.716. The normalized spacial score (nSPS) is 14.2. The highest BCUT2D eigenvalue weighted by Crippen LogP contribution is 2.07. The van der Waals surface area contributed by atoms with Crippen LogP contribution in [0.15, 0.2) is 0 Å². The topological polar surface area (TPSA) is 35.5 Å². The molecule has 0 aromatic rings. The molecule has 1 unspecified atom stereocenters. The van der Waals surface area contributed by atoms with E-state index >= 15 is 0 Å². The van der Waals surface area contributed by atoms with Crippen molar-refractivity contribution < 1.29 is 12.6 Å². The minimum absolute atomic E-state index is 0.0459. The lowest BCUT2D eigenvalue weighted by Gasteiger charge is -2.12. The van der Waals surface area contributed by atoms with Crippen molar-refractivity contribution in [1.29, 1.82) is 0 Å². The van der Waals surface area contributed by atoms with Gasteiger partial charge in [0, 0.05) is 0 Å². The van der Waals surface area contributed by atoms with E-state index in [-0.39, 0.29) is 12.2 Å². The van der Waals surface area contributed by atoms with E-state index in [1.165, 1.54) is 0 Å². The summed E-state index contributed by atoms with van der Waals surface area (Å²) in [5, 5.41) is 0. The van der Waals surface area contributed by atoms with Crippen LogP contribution >= 0.6 is 0 Å². The quantitative estimate of drug-likeness (QED) is 0.650. The first-order valence-electron chi connectivity index (χ1n) is 4.36. The van der Waals surface area contributed by atoms with Crippen molar-refractivity contribution in [2.24, 2.45) is 0 Å². The molecular formula is C8H18O3S. The molecule has 0 rings (SSSR count). The Morgan fingerprint density at radius 2 is 1.67 bits per heavy atom. The van der Waals surface area contributed by atoms with Gasteiger partial charge in [-0.2, -0.15) is 4.21 Å². The monoisotopic (exact) mass is 194 g/mol. The highest BCUT2D eigenvalue weighted by molar-refractivity contribution is 7.75. The molecule has 0 fully saturated rings. The molecule has 0 spiro atoms. The van der Waals surface area contributed by atoms with Crippen molar-refractivity contribution in [2.75, 3.05) is 0 Å². The second-order valence-electron chi connectivity index (χ2n) is 2.88. The fourth-order valence-corrected chi connectivity index (χ4v) is 1.57. The molecular weight excluding hydrogens is 176 g/mol. The molecule has 0 aliphatic rings. The van der Waals surface area contributed by atoms with E-state index in [2.05, 4.69) is 0 Å². The van der Waals surface area contributed by atoms with Gasteiger partial charge in [-0.25, -0.2) is 0 Å². The molecule has 4 heteroatoms. The van der Waals surface area contributed by atoms with Crippen LogP contribution in [0.5, 0.6) is 0 Å². The van der Waals surface area contributed by atoms with E-state index in [0.717, 1.165) is 12.8 Å². The molecule has 1 atom stereocenters. The molecule has 0 aliphatic carbocycles. The predicted octanol–water partition coefficient (Wildman–Crippen LogP) is 2.20. The van der Waals surface area contributed by atoms with E-state index in [1.54, 1.807) is 0 Å². The number of hydrogen-bond acceptors (Lipinski definition) is 3. The van der Waals surface area contributed by atoms with Crippen LogP contribution < -0.4 is 0 Å². The lowest BCUT2D eigenvalue weighted by Crippen LogP contribution is -2.16. The van der Waals surface area contributed by atoms with Crippen molar-refractivity contribution in [2.45, 2.75) is 52.7 Å². The Labute approximate surface area is 77.3 Å². The van der Waals surface area contributed by atoms with E-state index in [9.17, 15) is 4.21 Å².